The molecule has 2 heteroatoms. The largest absolute Gasteiger partial charge is 0.189 e. The fourth-order valence-corrected chi connectivity index (χ4v) is 5.40. The minimum Gasteiger partial charge on any atom is -0.0842 e. The molecule has 2 saturated heterocycles. The van der Waals surface area contributed by atoms with Crippen molar-refractivity contribution in [3.63, 3.8) is 0 Å². The Bertz CT molecular complexity index is 252. The fraction of sp³-hybridized carbons (Fsp3) is 0.875. The van der Waals surface area contributed by atoms with Crippen molar-refractivity contribution in [3.8, 4) is 0 Å². The molecule has 0 saturated carbocycles. The molecule has 0 amide bonds. The van der Waals surface area contributed by atoms with E-state index >= 15 is 0 Å². The summed E-state index contributed by atoms with van der Waals surface area (Å²) in [6, 6.07) is 0. The quantitative estimate of drug-likeness (QED) is 0.292. The Morgan fingerprint density at radius 1 is 1.06 bits per heavy atom. The Labute approximate surface area is 128 Å². The van der Waals surface area contributed by atoms with Crippen LogP contribution in [-0.4, -0.2) is 6.71 Å². The van der Waals surface area contributed by atoms with E-state index in [0.717, 1.165) is 18.3 Å². The van der Waals surface area contributed by atoms with Crippen LogP contribution in [0.25, 0.3) is 0 Å². The summed E-state index contributed by atoms with van der Waals surface area (Å²) in [7, 11) is 0. The van der Waals surface area contributed by atoms with Crippen LogP contribution in [-0.2, 0) is 0 Å². The zero-order chi connectivity index (χ0) is 12.8. The summed E-state index contributed by atoms with van der Waals surface area (Å²) in [6.45, 7) is 3.25. The van der Waals surface area contributed by atoms with Gasteiger partial charge in [-0.05, 0) is 16.3 Å². The van der Waals surface area contributed by atoms with Gasteiger partial charge in [-0.15, -0.1) is 0 Å². The smallest absolute Gasteiger partial charge is 0.0842 e. The number of fused-ring (bicyclic) bond motifs is 2. The molecule has 0 aliphatic carbocycles. The molecule has 0 aromatic heterocycles. The van der Waals surface area contributed by atoms with Crippen molar-refractivity contribution >= 4 is 29.3 Å². The van der Waals surface area contributed by atoms with Gasteiger partial charge >= 0.3 is 0 Å². The highest BCUT2D eigenvalue weighted by Gasteiger charge is 2.40. The van der Waals surface area contributed by atoms with E-state index in [0.29, 0.717) is 0 Å². The standard InChI is InChI=1S/C16H28BI/c1-2-3-4-5-6-13-16(18)17-14-9-7-10-15(17)12-8-11-14/h13-15H,2-12H2,1H3/b16-13-. The maximum atomic E-state index is 2.67. The van der Waals surface area contributed by atoms with Crippen LogP contribution in [0, 0.1) is 0 Å². The molecule has 2 fully saturated rings. The van der Waals surface area contributed by atoms with Crippen LogP contribution in [0.4, 0.5) is 0 Å². The van der Waals surface area contributed by atoms with Crippen molar-refractivity contribution in [1.82, 2.24) is 0 Å². The number of hydrogen-bond acceptors (Lipinski definition) is 0. The van der Waals surface area contributed by atoms with Gasteiger partial charge in [0, 0.05) is 0 Å². The highest BCUT2D eigenvalue weighted by atomic mass is 127. The lowest BCUT2D eigenvalue weighted by Gasteiger charge is -2.40. The number of unbranched alkanes of at least 4 members (excludes halogenated alkanes) is 4. The molecule has 102 valence electrons. The number of allylic oxidation sites excluding steroid dienone is 1. The van der Waals surface area contributed by atoms with Crippen molar-refractivity contribution in [2.75, 3.05) is 0 Å². The Kier molecular flexibility index (Phi) is 6.61. The predicted molar refractivity (Wildman–Crippen MR) is 91.8 cm³/mol. The Morgan fingerprint density at radius 2 is 1.67 bits per heavy atom. The summed E-state index contributed by atoms with van der Waals surface area (Å²) in [4.78, 5) is 0. The molecular weight excluding hydrogens is 330 g/mol. The molecule has 2 aliphatic heterocycles. The molecule has 0 aromatic rings. The van der Waals surface area contributed by atoms with Crippen LogP contribution in [0.5, 0.6) is 0 Å². The first kappa shape index (κ1) is 14.9. The number of halogens is 1. The monoisotopic (exact) mass is 358 g/mol. The third-order valence-electron chi connectivity index (χ3n) is 5.03. The highest BCUT2D eigenvalue weighted by molar-refractivity contribution is 14.1. The molecule has 2 aliphatic rings. The van der Waals surface area contributed by atoms with Gasteiger partial charge in [-0.2, -0.15) is 0 Å². The first-order valence-corrected chi connectivity index (χ1v) is 9.26. The molecule has 0 radical (unpaired) electrons. The lowest BCUT2D eigenvalue weighted by atomic mass is 9.27. The highest BCUT2D eigenvalue weighted by Crippen LogP contribution is 2.49. The summed E-state index contributed by atoms with van der Waals surface area (Å²) >= 11 is 2.67. The summed E-state index contributed by atoms with van der Waals surface area (Å²) in [5.41, 5.74) is 0. The fourth-order valence-electron chi connectivity index (χ4n) is 4.07. The van der Waals surface area contributed by atoms with Gasteiger partial charge in [-0.25, -0.2) is 0 Å². The topological polar surface area (TPSA) is 0 Å². The normalized spacial score (nSPS) is 28.6. The van der Waals surface area contributed by atoms with Gasteiger partial charge in [0.1, 0.15) is 0 Å². The molecule has 0 spiro atoms. The maximum absolute atomic E-state index is 2.67. The van der Waals surface area contributed by atoms with Crippen LogP contribution in [0.2, 0.25) is 11.6 Å². The third-order valence-corrected chi connectivity index (χ3v) is 6.19. The van der Waals surface area contributed by atoms with Crippen LogP contribution < -0.4 is 0 Å². The molecule has 0 nitrogen and oxygen atoms in total. The first-order valence-electron chi connectivity index (χ1n) is 8.18. The molecule has 0 aromatic carbocycles. The van der Waals surface area contributed by atoms with Crippen molar-refractivity contribution in [1.29, 1.82) is 0 Å². The SMILES string of the molecule is CCCCCC/C=C(\I)B1C2CCCC1CCC2. The maximum Gasteiger partial charge on any atom is 0.189 e. The van der Waals surface area contributed by atoms with Crippen molar-refractivity contribution < 1.29 is 0 Å². The van der Waals surface area contributed by atoms with E-state index in [2.05, 4.69) is 35.6 Å². The second-order valence-corrected chi connectivity index (χ2v) is 7.59. The van der Waals surface area contributed by atoms with Crippen molar-refractivity contribution in [2.45, 2.75) is 89.2 Å². The second-order valence-electron chi connectivity index (χ2n) is 6.35. The van der Waals surface area contributed by atoms with Crippen LogP contribution >= 0.6 is 22.6 Å². The molecule has 18 heavy (non-hydrogen) atoms. The van der Waals surface area contributed by atoms with E-state index < -0.39 is 0 Å². The Morgan fingerprint density at radius 3 is 2.22 bits per heavy atom. The van der Waals surface area contributed by atoms with Gasteiger partial charge < -0.3 is 0 Å². The zero-order valence-electron chi connectivity index (χ0n) is 12.0. The van der Waals surface area contributed by atoms with Gasteiger partial charge in [0.2, 0.25) is 0 Å². The van der Waals surface area contributed by atoms with E-state index in [1.54, 1.807) is 3.48 Å². The van der Waals surface area contributed by atoms with Gasteiger partial charge in [0.05, 0.1) is 0 Å². The van der Waals surface area contributed by atoms with E-state index in [1.165, 1.54) is 70.6 Å². The van der Waals surface area contributed by atoms with E-state index in [9.17, 15) is 0 Å². The first-order chi connectivity index (χ1) is 8.83. The van der Waals surface area contributed by atoms with E-state index in [4.69, 9.17) is 0 Å². The molecule has 0 N–H and O–H groups in total. The lowest BCUT2D eigenvalue weighted by Crippen LogP contribution is -2.35. The molecule has 0 unspecified atom stereocenters. The van der Waals surface area contributed by atoms with Gasteiger partial charge in [0.25, 0.3) is 0 Å². The predicted octanol–water partition coefficient (Wildman–Crippen LogP) is 6.42. The van der Waals surface area contributed by atoms with Crippen LogP contribution in [0.1, 0.15) is 77.6 Å². The van der Waals surface area contributed by atoms with Gasteiger partial charge in [-0.1, -0.05) is 105 Å². The summed E-state index contributed by atoms with van der Waals surface area (Å²) < 4.78 is 1.72. The summed E-state index contributed by atoms with van der Waals surface area (Å²) in [5.74, 6) is 2.08. The Balaban J connectivity index is 1.83. The van der Waals surface area contributed by atoms with Crippen molar-refractivity contribution in [3.05, 3.63) is 9.56 Å². The number of rotatable bonds is 6. The molecular formula is C16H28BI. The van der Waals surface area contributed by atoms with Gasteiger partial charge in [-0.3, -0.25) is 0 Å². The van der Waals surface area contributed by atoms with E-state index in [1.807, 2.05) is 0 Å². The molecule has 2 heterocycles. The second kappa shape index (κ2) is 7.96. The molecule has 2 rings (SSSR count). The minimum absolute atomic E-state index is 0.958. The number of hydrogen-bond donors (Lipinski definition) is 0. The minimum atomic E-state index is 0.958. The molecule has 2 bridgehead atoms. The van der Waals surface area contributed by atoms with E-state index in [-0.39, 0.29) is 0 Å². The molecule has 0 atom stereocenters. The summed E-state index contributed by atoms with van der Waals surface area (Å²) in [6.07, 6.45) is 18.6. The lowest BCUT2D eigenvalue weighted by molar-refractivity contribution is 0.447. The summed E-state index contributed by atoms with van der Waals surface area (Å²) in [5, 5.41) is 0. The van der Waals surface area contributed by atoms with Gasteiger partial charge in [0.15, 0.2) is 6.71 Å². The van der Waals surface area contributed by atoms with Crippen LogP contribution in [0.3, 0.4) is 0 Å². The average molecular weight is 358 g/mol. The zero-order valence-corrected chi connectivity index (χ0v) is 14.1. The van der Waals surface area contributed by atoms with Crippen LogP contribution in [0.15, 0.2) is 9.56 Å². The van der Waals surface area contributed by atoms with Crippen molar-refractivity contribution in [2.24, 2.45) is 0 Å². The third kappa shape index (κ3) is 4.01. The Hall–Kier alpha value is 0.535. The average Bonchev–Trinajstić information content (AvgIpc) is 2.37.